The van der Waals surface area contributed by atoms with Crippen LogP contribution in [0.5, 0.6) is 0 Å². The lowest BCUT2D eigenvalue weighted by atomic mass is 9.77. The number of carbonyl (C=O) groups is 1. The zero-order valence-electron chi connectivity index (χ0n) is 32.1. The molecule has 1 amide bonds. The zero-order valence-corrected chi connectivity index (χ0v) is 32.1. The topological polar surface area (TPSA) is 86.9 Å². The second-order valence-corrected chi connectivity index (χ2v) is 15.2. The third-order valence-corrected chi connectivity index (χ3v) is 11.1. The van der Waals surface area contributed by atoms with E-state index in [9.17, 15) is 4.79 Å². The van der Waals surface area contributed by atoms with E-state index in [1.165, 1.54) is 0 Å². The van der Waals surface area contributed by atoms with Crippen molar-refractivity contribution in [1.82, 2.24) is 29.9 Å². The molecular formula is C49H44N6O2. The van der Waals surface area contributed by atoms with Crippen LogP contribution in [0.1, 0.15) is 71.9 Å². The van der Waals surface area contributed by atoms with Crippen LogP contribution in [0.15, 0.2) is 170 Å². The Kier molecular flexibility index (Phi) is 9.56. The first-order valence-corrected chi connectivity index (χ1v) is 19.6. The van der Waals surface area contributed by atoms with E-state index in [0.29, 0.717) is 18.0 Å². The maximum Gasteiger partial charge on any atom is 0.251 e. The van der Waals surface area contributed by atoms with E-state index >= 15 is 0 Å². The van der Waals surface area contributed by atoms with Gasteiger partial charge in [0.15, 0.2) is 12.1 Å². The predicted molar refractivity (Wildman–Crippen MR) is 225 cm³/mol. The fourth-order valence-corrected chi connectivity index (χ4v) is 8.21. The number of hydrogen-bond donors (Lipinski definition) is 1. The minimum Gasteiger partial charge on any atom is -0.356 e. The van der Waals surface area contributed by atoms with Crippen molar-refractivity contribution in [3.05, 3.63) is 198 Å². The summed E-state index contributed by atoms with van der Waals surface area (Å²) in [6, 6.07) is 55.5. The Morgan fingerprint density at radius 3 is 1.88 bits per heavy atom. The molecule has 0 saturated carbocycles. The van der Waals surface area contributed by atoms with Crippen molar-refractivity contribution < 1.29 is 9.53 Å². The van der Waals surface area contributed by atoms with Crippen molar-refractivity contribution in [2.75, 3.05) is 6.61 Å². The lowest BCUT2D eigenvalue weighted by Crippen LogP contribution is -2.40. The molecule has 8 heteroatoms. The molecule has 282 valence electrons. The summed E-state index contributed by atoms with van der Waals surface area (Å²) in [5.41, 5.74) is 6.86. The van der Waals surface area contributed by atoms with Gasteiger partial charge in [0.1, 0.15) is 17.6 Å². The summed E-state index contributed by atoms with van der Waals surface area (Å²) < 4.78 is 10.3. The minimum atomic E-state index is -0.788. The number of ether oxygens (including phenoxy) is 1. The van der Waals surface area contributed by atoms with Gasteiger partial charge in [-0.2, -0.15) is 5.10 Å². The average molecular weight is 749 g/mol. The molecule has 0 bridgehead atoms. The normalized spacial score (nSPS) is 14.7. The van der Waals surface area contributed by atoms with Crippen molar-refractivity contribution >= 4 is 16.8 Å². The quantitative estimate of drug-likeness (QED) is 0.141. The summed E-state index contributed by atoms with van der Waals surface area (Å²) in [7, 11) is 0. The summed E-state index contributed by atoms with van der Waals surface area (Å²) in [6.07, 6.45) is 4.64. The molecule has 0 radical (unpaired) electrons. The van der Waals surface area contributed by atoms with Gasteiger partial charge in [0.05, 0.1) is 11.1 Å². The van der Waals surface area contributed by atoms with Crippen LogP contribution in [0.2, 0.25) is 0 Å². The molecule has 1 unspecified atom stereocenters. The Hall–Kier alpha value is -6.64. The summed E-state index contributed by atoms with van der Waals surface area (Å²) >= 11 is 0. The van der Waals surface area contributed by atoms with Crippen molar-refractivity contribution in [2.45, 2.75) is 50.4 Å². The lowest BCUT2D eigenvalue weighted by molar-refractivity contribution is -0.0365. The first-order chi connectivity index (χ1) is 27.9. The standard InChI is InChI=1S/C49H44N6O2/c1-48(2,38-20-7-3-8-21-38)51-47(56)37-19-17-18-35(32-37)45-42-33-36(29-30-43(42)55(52-45)44-28-15-16-31-57-44)46-50-34-54(53-46)49(39-22-9-4-10-23-39,40-24-11-5-12-25-40)41-26-13-6-14-27-41/h3-14,17-27,29-30,32-34,44H,15-16,28,31H2,1-2H3,(H,51,56). The monoisotopic (exact) mass is 748 g/mol. The SMILES string of the molecule is CC(C)(NC(=O)c1cccc(-c2nn(C3CCCCO3)c3ccc(-c4ncn(C(c5ccccc5)(c5ccccc5)c5ccccc5)n4)cc23)c1)c1ccccc1. The van der Waals surface area contributed by atoms with E-state index in [0.717, 1.165) is 69.2 Å². The van der Waals surface area contributed by atoms with Gasteiger partial charge in [-0.15, -0.1) is 5.10 Å². The highest BCUT2D eigenvalue weighted by atomic mass is 16.5. The van der Waals surface area contributed by atoms with Crippen LogP contribution in [0.3, 0.4) is 0 Å². The molecule has 9 rings (SSSR count). The van der Waals surface area contributed by atoms with E-state index in [4.69, 9.17) is 19.9 Å². The maximum absolute atomic E-state index is 13.8. The van der Waals surface area contributed by atoms with Gasteiger partial charge in [-0.3, -0.25) is 4.79 Å². The Bertz CT molecular complexity index is 2530. The fourth-order valence-electron chi connectivity index (χ4n) is 8.21. The molecule has 1 aliphatic heterocycles. The van der Waals surface area contributed by atoms with E-state index in [1.54, 1.807) is 0 Å². The smallest absolute Gasteiger partial charge is 0.251 e. The Labute approximate surface area is 332 Å². The zero-order chi connectivity index (χ0) is 38.8. The van der Waals surface area contributed by atoms with Gasteiger partial charge in [0.25, 0.3) is 5.91 Å². The molecule has 3 heterocycles. The fraction of sp³-hybridized carbons (Fsp3) is 0.184. The van der Waals surface area contributed by atoms with Crippen molar-refractivity contribution in [3.8, 4) is 22.6 Å². The predicted octanol–water partition coefficient (Wildman–Crippen LogP) is 10.2. The van der Waals surface area contributed by atoms with E-state index in [-0.39, 0.29) is 12.1 Å². The van der Waals surface area contributed by atoms with Crippen LogP contribution in [0.25, 0.3) is 33.5 Å². The molecule has 6 aromatic carbocycles. The molecule has 57 heavy (non-hydrogen) atoms. The number of rotatable bonds is 10. The van der Waals surface area contributed by atoms with Crippen LogP contribution < -0.4 is 5.32 Å². The van der Waals surface area contributed by atoms with Gasteiger partial charge in [-0.1, -0.05) is 133 Å². The van der Waals surface area contributed by atoms with Crippen molar-refractivity contribution in [2.24, 2.45) is 0 Å². The summed E-state index contributed by atoms with van der Waals surface area (Å²) in [4.78, 5) is 18.8. The third kappa shape index (κ3) is 6.72. The summed E-state index contributed by atoms with van der Waals surface area (Å²) in [5.74, 6) is 0.437. The molecule has 2 aromatic heterocycles. The highest BCUT2D eigenvalue weighted by Crippen LogP contribution is 2.41. The molecule has 8 aromatic rings. The van der Waals surface area contributed by atoms with E-state index < -0.39 is 11.1 Å². The third-order valence-electron chi connectivity index (χ3n) is 11.1. The second kappa shape index (κ2) is 15.1. The molecule has 1 saturated heterocycles. The van der Waals surface area contributed by atoms with E-state index in [1.807, 2.05) is 102 Å². The molecular weight excluding hydrogens is 705 g/mol. The number of fused-ring (bicyclic) bond motifs is 1. The number of carbonyl (C=O) groups excluding carboxylic acids is 1. The highest BCUT2D eigenvalue weighted by Gasteiger charge is 2.40. The van der Waals surface area contributed by atoms with Gasteiger partial charge in [0, 0.05) is 28.7 Å². The van der Waals surface area contributed by atoms with Crippen LogP contribution in [0, 0.1) is 0 Å². The van der Waals surface area contributed by atoms with Crippen LogP contribution in [-0.2, 0) is 15.8 Å². The molecule has 1 atom stereocenters. The Morgan fingerprint density at radius 1 is 0.667 bits per heavy atom. The summed E-state index contributed by atoms with van der Waals surface area (Å²) in [5, 5.41) is 14.7. The van der Waals surface area contributed by atoms with Gasteiger partial charge < -0.3 is 10.1 Å². The lowest BCUT2D eigenvalue weighted by Gasteiger charge is -2.35. The number of nitrogens with zero attached hydrogens (tertiary/aromatic N) is 5. The molecule has 0 spiro atoms. The maximum atomic E-state index is 13.8. The number of amides is 1. The number of aromatic nitrogens is 5. The number of nitrogens with one attached hydrogen (secondary N) is 1. The molecule has 0 aliphatic carbocycles. The van der Waals surface area contributed by atoms with Crippen molar-refractivity contribution in [1.29, 1.82) is 0 Å². The largest absolute Gasteiger partial charge is 0.356 e. The first-order valence-electron chi connectivity index (χ1n) is 19.6. The van der Waals surface area contributed by atoms with Gasteiger partial charge in [-0.25, -0.2) is 14.3 Å². The second-order valence-electron chi connectivity index (χ2n) is 15.2. The molecule has 1 aliphatic rings. The average Bonchev–Trinajstić information content (AvgIpc) is 3.92. The number of hydrogen-bond acceptors (Lipinski definition) is 5. The minimum absolute atomic E-state index is 0.154. The summed E-state index contributed by atoms with van der Waals surface area (Å²) in [6.45, 7) is 4.73. The number of benzene rings is 6. The Balaban J connectivity index is 1.15. The first kappa shape index (κ1) is 36.0. The van der Waals surface area contributed by atoms with Crippen LogP contribution >= 0.6 is 0 Å². The molecule has 8 nitrogen and oxygen atoms in total. The molecule has 1 N–H and O–H groups in total. The Morgan fingerprint density at radius 2 is 1.28 bits per heavy atom. The highest BCUT2D eigenvalue weighted by molar-refractivity contribution is 5.99. The van der Waals surface area contributed by atoms with Gasteiger partial charge in [0.2, 0.25) is 0 Å². The van der Waals surface area contributed by atoms with Crippen LogP contribution in [0.4, 0.5) is 0 Å². The van der Waals surface area contributed by atoms with Gasteiger partial charge in [-0.05, 0) is 85.7 Å². The van der Waals surface area contributed by atoms with E-state index in [2.05, 4.69) is 96.3 Å². The van der Waals surface area contributed by atoms with Crippen LogP contribution in [-0.4, -0.2) is 37.1 Å². The molecule has 1 fully saturated rings. The van der Waals surface area contributed by atoms with Crippen molar-refractivity contribution in [3.63, 3.8) is 0 Å². The van der Waals surface area contributed by atoms with Gasteiger partial charge >= 0.3 is 0 Å².